The molecule has 1 N–H and O–H groups in total. The minimum absolute atomic E-state index is 0.00187. The van der Waals surface area contributed by atoms with Gasteiger partial charge in [-0.15, -0.1) is 16.4 Å². The van der Waals surface area contributed by atoms with Gasteiger partial charge in [-0.05, 0) is 18.4 Å². The predicted octanol–water partition coefficient (Wildman–Crippen LogP) is 3.89. The molecule has 21 heavy (non-hydrogen) atoms. The van der Waals surface area contributed by atoms with Gasteiger partial charge >= 0.3 is 0 Å². The van der Waals surface area contributed by atoms with Crippen molar-refractivity contribution in [3.05, 3.63) is 29.2 Å². The largest absolute Gasteiger partial charge is 0.338 e. The van der Waals surface area contributed by atoms with Crippen LogP contribution in [0.15, 0.2) is 27.2 Å². The molecular weight excluding hydrogens is 306 g/mol. The fraction of sp³-hybridized carbons (Fsp3) is 0.385. The lowest BCUT2D eigenvalue weighted by molar-refractivity contribution is 0.381. The van der Waals surface area contributed by atoms with Gasteiger partial charge in [0.1, 0.15) is 5.82 Å². The quantitative estimate of drug-likeness (QED) is 0.718. The summed E-state index contributed by atoms with van der Waals surface area (Å²) < 4.78 is 5.34. The molecule has 1 atom stereocenters. The number of rotatable bonds is 5. The maximum absolute atomic E-state index is 5.34. The Morgan fingerprint density at radius 3 is 2.81 bits per heavy atom. The first-order valence-electron chi connectivity index (χ1n) is 6.60. The molecule has 0 aliphatic carbocycles. The minimum Gasteiger partial charge on any atom is -0.338 e. The fourth-order valence-electron chi connectivity index (χ4n) is 1.68. The van der Waals surface area contributed by atoms with Gasteiger partial charge in [-0.1, -0.05) is 36.8 Å². The molecule has 8 heteroatoms. The Bertz CT molecular complexity index is 704. The lowest BCUT2D eigenvalue weighted by Crippen LogP contribution is -1.91. The van der Waals surface area contributed by atoms with E-state index in [9.17, 15) is 0 Å². The average Bonchev–Trinajstić information content (AvgIpc) is 3.19. The minimum atomic E-state index is 0.00187. The van der Waals surface area contributed by atoms with E-state index in [1.54, 1.807) is 11.3 Å². The highest BCUT2D eigenvalue weighted by Gasteiger charge is 2.19. The van der Waals surface area contributed by atoms with Gasteiger partial charge in [-0.25, -0.2) is 4.98 Å². The Labute approximate surface area is 130 Å². The van der Waals surface area contributed by atoms with Gasteiger partial charge in [0, 0.05) is 5.92 Å². The zero-order chi connectivity index (χ0) is 14.8. The average molecular weight is 321 g/mol. The van der Waals surface area contributed by atoms with E-state index in [2.05, 4.69) is 39.2 Å². The van der Waals surface area contributed by atoms with E-state index in [1.165, 1.54) is 11.8 Å². The molecule has 0 amide bonds. The van der Waals surface area contributed by atoms with Crippen LogP contribution in [0.4, 0.5) is 0 Å². The van der Waals surface area contributed by atoms with Gasteiger partial charge in [0.25, 0.3) is 0 Å². The molecule has 0 saturated heterocycles. The second kappa shape index (κ2) is 5.98. The standard InChI is InChI=1S/C13H15N5OS2/c1-7(2)10-15-13(17-16-10)21-8(3)12-14-11(18-19-12)9-5-4-6-20-9/h4-8H,1-3H3,(H,15,16,17)/t8-/m0/s1. The summed E-state index contributed by atoms with van der Waals surface area (Å²) in [5.74, 6) is 2.43. The van der Waals surface area contributed by atoms with E-state index in [0.29, 0.717) is 22.8 Å². The molecule has 3 aromatic heterocycles. The Hall–Kier alpha value is -1.67. The Kier molecular flexibility index (Phi) is 4.07. The van der Waals surface area contributed by atoms with Crippen LogP contribution in [0.1, 0.15) is 43.7 Å². The van der Waals surface area contributed by atoms with Crippen molar-refractivity contribution in [2.75, 3.05) is 0 Å². The Balaban J connectivity index is 1.71. The summed E-state index contributed by atoms with van der Waals surface area (Å²) in [4.78, 5) is 9.88. The third kappa shape index (κ3) is 3.16. The molecule has 110 valence electrons. The first kappa shape index (κ1) is 14.3. The number of hydrogen-bond donors (Lipinski definition) is 1. The molecule has 3 rings (SSSR count). The number of nitrogens with zero attached hydrogens (tertiary/aromatic N) is 4. The zero-order valence-corrected chi connectivity index (χ0v) is 13.5. The van der Waals surface area contributed by atoms with Gasteiger partial charge in [0.2, 0.25) is 16.9 Å². The number of aromatic amines is 1. The van der Waals surface area contributed by atoms with Crippen LogP contribution in [0.3, 0.4) is 0 Å². The van der Waals surface area contributed by atoms with Crippen molar-refractivity contribution < 1.29 is 4.52 Å². The molecule has 0 aliphatic rings. The fourth-order valence-corrected chi connectivity index (χ4v) is 3.10. The van der Waals surface area contributed by atoms with Crippen LogP contribution in [0.2, 0.25) is 0 Å². The van der Waals surface area contributed by atoms with Crippen LogP contribution in [0, 0.1) is 0 Å². The van der Waals surface area contributed by atoms with Crippen LogP contribution in [0.5, 0.6) is 0 Å². The van der Waals surface area contributed by atoms with Crippen LogP contribution in [-0.2, 0) is 0 Å². The second-order valence-electron chi connectivity index (χ2n) is 4.85. The highest BCUT2D eigenvalue weighted by atomic mass is 32.2. The maximum atomic E-state index is 5.34. The molecule has 0 radical (unpaired) electrons. The van der Waals surface area contributed by atoms with Crippen molar-refractivity contribution >= 4 is 23.1 Å². The number of H-pyrrole nitrogens is 1. The van der Waals surface area contributed by atoms with Gasteiger partial charge in [0.05, 0.1) is 10.1 Å². The molecule has 0 saturated carbocycles. The number of aromatic nitrogens is 5. The summed E-state index contributed by atoms with van der Waals surface area (Å²) >= 11 is 3.09. The SMILES string of the molecule is CC(C)c1nc(S[C@@H](C)c2nc(-c3cccs3)no2)n[nH]1. The molecule has 3 aromatic rings. The topological polar surface area (TPSA) is 80.5 Å². The molecular formula is C13H15N5OS2. The third-order valence-corrected chi connectivity index (χ3v) is 4.66. The van der Waals surface area contributed by atoms with Crippen molar-refractivity contribution in [3.8, 4) is 10.7 Å². The summed E-state index contributed by atoms with van der Waals surface area (Å²) in [5.41, 5.74) is 0. The first-order chi connectivity index (χ1) is 10.1. The zero-order valence-electron chi connectivity index (χ0n) is 11.9. The molecule has 0 fully saturated rings. The molecule has 3 heterocycles. The van der Waals surface area contributed by atoms with Crippen LogP contribution in [0.25, 0.3) is 10.7 Å². The molecule has 0 unspecified atom stereocenters. The van der Waals surface area contributed by atoms with E-state index >= 15 is 0 Å². The van der Waals surface area contributed by atoms with E-state index < -0.39 is 0 Å². The van der Waals surface area contributed by atoms with Crippen LogP contribution >= 0.6 is 23.1 Å². The second-order valence-corrected chi connectivity index (χ2v) is 7.11. The van der Waals surface area contributed by atoms with Gasteiger partial charge in [-0.3, -0.25) is 5.10 Å². The van der Waals surface area contributed by atoms with Crippen molar-refractivity contribution in [2.24, 2.45) is 0 Å². The predicted molar refractivity (Wildman–Crippen MR) is 82.4 cm³/mol. The monoisotopic (exact) mass is 321 g/mol. The normalized spacial score (nSPS) is 13.0. The summed E-state index contributed by atoms with van der Waals surface area (Å²) in [6, 6.07) is 3.94. The van der Waals surface area contributed by atoms with E-state index in [-0.39, 0.29) is 5.25 Å². The summed E-state index contributed by atoms with van der Waals surface area (Å²) in [5, 5.41) is 13.8. The summed E-state index contributed by atoms with van der Waals surface area (Å²) in [6.07, 6.45) is 0. The lowest BCUT2D eigenvalue weighted by Gasteiger charge is -2.01. The van der Waals surface area contributed by atoms with Gasteiger partial charge < -0.3 is 4.52 Å². The number of thiophene rings is 1. The Morgan fingerprint density at radius 2 is 2.14 bits per heavy atom. The molecule has 0 spiro atoms. The highest BCUT2D eigenvalue weighted by molar-refractivity contribution is 7.99. The van der Waals surface area contributed by atoms with Gasteiger partial charge in [-0.2, -0.15) is 4.98 Å². The van der Waals surface area contributed by atoms with Crippen molar-refractivity contribution in [2.45, 2.75) is 37.1 Å². The first-order valence-corrected chi connectivity index (χ1v) is 8.36. The van der Waals surface area contributed by atoms with E-state index in [4.69, 9.17) is 4.52 Å². The Morgan fingerprint density at radius 1 is 1.29 bits per heavy atom. The van der Waals surface area contributed by atoms with Crippen LogP contribution in [-0.4, -0.2) is 25.3 Å². The molecule has 6 nitrogen and oxygen atoms in total. The number of thioether (sulfide) groups is 1. The van der Waals surface area contributed by atoms with Crippen LogP contribution < -0.4 is 0 Å². The lowest BCUT2D eigenvalue weighted by atomic mass is 10.2. The molecule has 0 aromatic carbocycles. The van der Waals surface area contributed by atoms with E-state index in [0.717, 1.165) is 10.7 Å². The third-order valence-electron chi connectivity index (χ3n) is 2.84. The summed E-state index contributed by atoms with van der Waals surface area (Å²) in [6.45, 7) is 6.15. The smallest absolute Gasteiger partial charge is 0.240 e. The summed E-state index contributed by atoms with van der Waals surface area (Å²) in [7, 11) is 0. The van der Waals surface area contributed by atoms with Gasteiger partial charge in [0.15, 0.2) is 0 Å². The van der Waals surface area contributed by atoms with E-state index in [1.807, 2.05) is 24.4 Å². The van der Waals surface area contributed by atoms with Crippen molar-refractivity contribution in [1.29, 1.82) is 0 Å². The highest BCUT2D eigenvalue weighted by Crippen LogP contribution is 2.33. The maximum Gasteiger partial charge on any atom is 0.240 e. The molecule has 0 aliphatic heterocycles. The molecule has 0 bridgehead atoms. The van der Waals surface area contributed by atoms with Crippen molar-refractivity contribution in [1.82, 2.24) is 25.3 Å². The number of nitrogens with one attached hydrogen (secondary N) is 1. The van der Waals surface area contributed by atoms with Crippen molar-refractivity contribution in [3.63, 3.8) is 0 Å². The number of hydrogen-bond acceptors (Lipinski definition) is 7.